The van der Waals surface area contributed by atoms with Gasteiger partial charge >= 0.3 is 37.7 Å². The molecule has 0 unspecified atom stereocenters. The normalized spacial score (nSPS) is 15.7. The summed E-state index contributed by atoms with van der Waals surface area (Å²) in [6.45, 7) is 0.938. The third kappa shape index (κ3) is 11.8. The van der Waals surface area contributed by atoms with Crippen LogP contribution in [0.3, 0.4) is 0 Å². The van der Waals surface area contributed by atoms with Gasteiger partial charge in [0, 0.05) is 5.97 Å². The van der Waals surface area contributed by atoms with E-state index in [2.05, 4.69) is 0 Å². The molecule has 0 spiro atoms. The number of hydrogen-bond acceptors (Lipinski definition) is 9. The smallest absolute Gasteiger partial charge is 0.550 e. The zero-order valence-corrected chi connectivity index (χ0v) is 13.2. The van der Waals surface area contributed by atoms with Gasteiger partial charge in [-0.05, 0) is 6.42 Å². The Kier molecular flexibility index (Phi) is 17.4. The van der Waals surface area contributed by atoms with Gasteiger partial charge < -0.3 is 45.3 Å². The van der Waals surface area contributed by atoms with E-state index >= 15 is 0 Å². The molecule has 10 heteroatoms. The van der Waals surface area contributed by atoms with Crippen molar-refractivity contribution in [1.82, 2.24) is 0 Å². The Morgan fingerprint density at radius 2 is 1.50 bits per heavy atom. The number of rotatable bonds is 7. The molecule has 5 N–H and O–H groups in total. The molecular weight excluding hydrogens is 304 g/mol. The number of aliphatic hydroxyl groups excluding tert-OH is 5. The molecule has 0 aromatic heterocycles. The van der Waals surface area contributed by atoms with Crippen molar-refractivity contribution in [2.24, 2.45) is 0 Å². The summed E-state index contributed by atoms with van der Waals surface area (Å²) in [6.07, 6.45) is -7.23. The number of carbonyl (C=O) groups is 2. The van der Waals surface area contributed by atoms with Gasteiger partial charge in [0.25, 0.3) is 0 Å². The Bertz CT molecular complexity index is 273. The van der Waals surface area contributed by atoms with Crippen LogP contribution in [-0.4, -0.2) is 106 Å². The first-order valence-corrected chi connectivity index (χ1v) is 5.42. The fraction of sp³-hybridized carbons (Fsp3) is 0.800. The Morgan fingerprint density at radius 3 is 1.70 bits per heavy atom. The SMILES string of the molecule is CCCC(=O)[O-].O=C([O-])[C@H](O)[C@@H](O)[C@H](O)[C@H](O)CO.[Ca+2]. The average molecular weight is 322 g/mol. The van der Waals surface area contributed by atoms with Crippen molar-refractivity contribution < 1.29 is 45.3 Å². The van der Waals surface area contributed by atoms with E-state index in [9.17, 15) is 19.8 Å². The average Bonchev–Trinajstić information content (AvgIpc) is 2.35. The number of carboxylic acid groups (broad SMARTS) is 2. The summed E-state index contributed by atoms with van der Waals surface area (Å²) >= 11 is 0. The zero-order chi connectivity index (χ0) is 15.6. The van der Waals surface area contributed by atoms with Crippen LogP contribution in [0.5, 0.6) is 0 Å². The summed E-state index contributed by atoms with van der Waals surface area (Å²) in [4.78, 5) is 19.5. The Morgan fingerprint density at radius 1 is 1.05 bits per heavy atom. The van der Waals surface area contributed by atoms with Crippen LogP contribution in [-0.2, 0) is 9.59 Å². The fourth-order valence-corrected chi connectivity index (χ4v) is 0.866. The Balaban J connectivity index is -0.000000352. The van der Waals surface area contributed by atoms with Crippen LogP contribution in [0.4, 0.5) is 0 Å². The molecule has 0 saturated heterocycles. The van der Waals surface area contributed by atoms with Crippen LogP contribution in [0.1, 0.15) is 19.8 Å². The van der Waals surface area contributed by atoms with Crippen molar-refractivity contribution in [3.8, 4) is 0 Å². The topological polar surface area (TPSA) is 181 Å². The molecule has 9 nitrogen and oxygen atoms in total. The summed E-state index contributed by atoms with van der Waals surface area (Å²) in [7, 11) is 0. The van der Waals surface area contributed by atoms with Crippen molar-refractivity contribution in [3.05, 3.63) is 0 Å². The maximum absolute atomic E-state index is 9.98. The predicted octanol–water partition coefficient (Wildman–Crippen LogP) is -5.67. The number of carboxylic acids is 2. The van der Waals surface area contributed by atoms with E-state index in [1.165, 1.54) is 0 Å². The van der Waals surface area contributed by atoms with Gasteiger partial charge in [0.05, 0.1) is 12.6 Å². The molecule has 0 aliphatic heterocycles. The molecule has 0 bridgehead atoms. The molecule has 0 saturated carbocycles. The largest absolute Gasteiger partial charge is 2.00 e. The first-order chi connectivity index (χ1) is 8.68. The second-order valence-corrected chi connectivity index (χ2v) is 3.62. The quantitative estimate of drug-likeness (QED) is 0.285. The molecule has 114 valence electrons. The molecule has 0 aromatic rings. The van der Waals surface area contributed by atoms with Crippen LogP contribution in [0.2, 0.25) is 0 Å². The van der Waals surface area contributed by atoms with Gasteiger partial charge in [-0.1, -0.05) is 13.3 Å². The first-order valence-electron chi connectivity index (χ1n) is 5.42. The minimum atomic E-state index is -2.31. The molecule has 4 atom stereocenters. The van der Waals surface area contributed by atoms with E-state index in [0.717, 1.165) is 0 Å². The van der Waals surface area contributed by atoms with Crippen molar-refractivity contribution in [2.45, 2.75) is 44.2 Å². The minimum absolute atomic E-state index is 0. The number of carbonyl (C=O) groups excluding carboxylic acids is 2. The molecule has 0 aliphatic carbocycles. The number of aliphatic carboxylic acids is 2. The van der Waals surface area contributed by atoms with Crippen molar-refractivity contribution >= 4 is 49.7 Å². The molecule has 0 rings (SSSR count). The van der Waals surface area contributed by atoms with E-state index in [1.54, 1.807) is 6.92 Å². The van der Waals surface area contributed by atoms with Gasteiger partial charge in [-0.25, -0.2) is 0 Å². The summed E-state index contributed by atoms with van der Waals surface area (Å²) in [5.41, 5.74) is 0. The molecular formula is C10H18CaO9. The number of aliphatic hydroxyl groups is 5. The monoisotopic (exact) mass is 322 g/mol. The predicted molar refractivity (Wildman–Crippen MR) is 61.8 cm³/mol. The van der Waals surface area contributed by atoms with Gasteiger partial charge in [-0.3, -0.25) is 0 Å². The maximum Gasteiger partial charge on any atom is 2.00 e. The van der Waals surface area contributed by atoms with E-state index in [-0.39, 0.29) is 44.2 Å². The summed E-state index contributed by atoms with van der Waals surface area (Å²) in [6, 6.07) is 0. The second-order valence-electron chi connectivity index (χ2n) is 3.62. The molecule has 0 fully saturated rings. The molecule has 0 aromatic carbocycles. The van der Waals surface area contributed by atoms with E-state index < -0.39 is 43.0 Å². The second kappa shape index (κ2) is 14.0. The van der Waals surface area contributed by atoms with Crippen LogP contribution < -0.4 is 10.2 Å². The minimum Gasteiger partial charge on any atom is -0.550 e. The molecule has 0 radical (unpaired) electrons. The van der Waals surface area contributed by atoms with Crippen LogP contribution in [0.25, 0.3) is 0 Å². The van der Waals surface area contributed by atoms with Crippen molar-refractivity contribution in [1.29, 1.82) is 0 Å². The number of hydrogen-bond donors (Lipinski definition) is 5. The summed E-state index contributed by atoms with van der Waals surface area (Å²) < 4.78 is 0. The summed E-state index contributed by atoms with van der Waals surface area (Å²) in [5, 5.41) is 62.9. The van der Waals surface area contributed by atoms with Crippen LogP contribution in [0, 0.1) is 0 Å². The van der Waals surface area contributed by atoms with Gasteiger partial charge in [-0.2, -0.15) is 0 Å². The van der Waals surface area contributed by atoms with Crippen LogP contribution in [0.15, 0.2) is 0 Å². The van der Waals surface area contributed by atoms with Crippen molar-refractivity contribution in [2.75, 3.05) is 6.61 Å². The van der Waals surface area contributed by atoms with E-state index in [4.69, 9.17) is 25.5 Å². The third-order valence-corrected chi connectivity index (χ3v) is 1.95. The molecule has 20 heavy (non-hydrogen) atoms. The van der Waals surface area contributed by atoms with Gasteiger partial charge in [-0.15, -0.1) is 0 Å². The van der Waals surface area contributed by atoms with E-state index in [0.29, 0.717) is 6.42 Å². The third-order valence-electron chi connectivity index (χ3n) is 1.95. The molecule has 0 amide bonds. The van der Waals surface area contributed by atoms with Gasteiger partial charge in [0.2, 0.25) is 0 Å². The van der Waals surface area contributed by atoms with Gasteiger partial charge in [0.1, 0.15) is 24.4 Å². The summed E-state index contributed by atoms with van der Waals surface area (Å²) in [5.74, 6) is -2.94. The molecule has 0 aliphatic rings. The maximum atomic E-state index is 9.98. The molecule has 0 heterocycles. The van der Waals surface area contributed by atoms with Crippen LogP contribution >= 0.6 is 0 Å². The first kappa shape index (κ1) is 25.0. The van der Waals surface area contributed by atoms with Crippen molar-refractivity contribution in [3.63, 3.8) is 0 Å². The Labute approximate surface area is 145 Å². The Hall–Kier alpha value is -0.000260. The zero-order valence-electron chi connectivity index (χ0n) is 11.0. The standard InChI is InChI=1S/C6H12O7.C4H8O2.Ca/c7-1-2(8)3(9)4(10)5(11)6(12)13;1-2-3-4(5)6;/h2-5,7-11H,1H2,(H,12,13);2-3H2,1H3,(H,5,6);/q;;+2/p-2/t2-,3-,4+,5-;;/m1../s1. The van der Waals surface area contributed by atoms with E-state index in [1.807, 2.05) is 0 Å². The fourth-order valence-electron chi connectivity index (χ4n) is 0.866. The van der Waals surface area contributed by atoms with Gasteiger partial charge in [0.15, 0.2) is 0 Å².